The lowest BCUT2D eigenvalue weighted by Crippen LogP contribution is -2.41. The number of halogens is 1. The number of hydrogen-bond acceptors (Lipinski definition) is 4. The van der Waals surface area contributed by atoms with Gasteiger partial charge in [0.05, 0.1) is 5.92 Å². The van der Waals surface area contributed by atoms with Crippen LogP contribution in [0.2, 0.25) is 0 Å². The predicted molar refractivity (Wildman–Crippen MR) is 116 cm³/mol. The molecule has 3 rings (SSSR count). The number of rotatable bonds is 5. The zero-order valence-electron chi connectivity index (χ0n) is 18.4. The molecule has 1 heterocycles. The van der Waals surface area contributed by atoms with Gasteiger partial charge in [0.25, 0.3) is 5.91 Å². The fourth-order valence-corrected chi connectivity index (χ4v) is 3.86. The molecule has 1 saturated heterocycles. The zero-order chi connectivity index (χ0) is 22.7. The number of ketones is 1. The summed E-state index contributed by atoms with van der Waals surface area (Å²) in [7, 11) is 0. The first-order valence-corrected chi connectivity index (χ1v) is 10.5. The number of ether oxygens (including phenoxy) is 1. The molecule has 1 unspecified atom stereocenters. The van der Waals surface area contributed by atoms with Crippen LogP contribution >= 0.6 is 0 Å². The Morgan fingerprint density at radius 3 is 2.16 bits per heavy atom. The standard InChI is InChI=1S/C25H28FNO4/c1-15-13-17(3)22(14-16(15)2)23(28)18(4)31-25(30)20-9-11-27(12-10-20)24(29)19-5-7-21(26)8-6-19/h5-8,13-14,18,20H,9-12H2,1-4H3. The summed E-state index contributed by atoms with van der Waals surface area (Å²) in [6.45, 7) is 8.24. The summed E-state index contributed by atoms with van der Waals surface area (Å²) < 4.78 is 18.6. The van der Waals surface area contributed by atoms with E-state index in [1.165, 1.54) is 24.3 Å². The number of likely N-dealkylation sites (tertiary alicyclic amines) is 1. The van der Waals surface area contributed by atoms with Crippen LogP contribution in [0.3, 0.4) is 0 Å². The number of benzene rings is 2. The third kappa shape index (κ3) is 5.19. The summed E-state index contributed by atoms with van der Waals surface area (Å²) in [6.07, 6.45) is 0.0669. The minimum absolute atomic E-state index is 0.180. The fraction of sp³-hybridized carbons (Fsp3) is 0.400. The molecule has 164 valence electrons. The highest BCUT2D eigenvalue weighted by Gasteiger charge is 2.31. The number of hydrogen-bond donors (Lipinski definition) is 0. The van der Waals surface area contributed by atoms with Gasteiger partial charge < -0.3 is 9.64 Å². The minimum atomic E-state index is -0.868. The summed E-state index contributed by atoms with van der Waals surface area (Å²) in [6, 6.07) is 9.24. The van der Waals surface area contributed by atoms with E-state index in [1.807, 2.05) is 32.9 Å². The van der Waals surface area contributed by atoms with Crippen molar-refractivity contribution < 1.29 is 23.5 Å². The van der Waals surface area contributed by atoms with Gasteiger partial charge in [-0.2, -0.15) is 0 Å². The molecule has 1 atom stereocenters. The highest BCUT2D eigenvalue weighted by Crippen LogP contribution is 2.23. The first-order valence-electron chi connectivity index (χ1n) is 10.5. The second-order valence-corrected chi connectivity index (χ2v) is 8.27. The maximum Gasteiger partial charge on any atom is 0.309 e. The van der Waals surface area contributed by atoms with E-state index < -0.39 is 17.9 Å². The first kappa shape index (κ1) is 22.7. The maximum atomic E-state index is 13.1. The van der Waals surface area contributed by atoms with E-state index in [9.17, 15) is 18.8 Å². The van der Waals surface area contributed by atoms with E-state index in [2.05, 4.69) is 0 Å². The smallest absolute Gasteiger partial charge is 0.309 e. The normalized spacial score (nSPS) is 15.5. The third-order valence-electron chi connectivity index (χ3n) is 5.97. The number of esters is 1. The Labute approximate surface area is 182 Å². The van der Waals surface area contributed by atoms with E-state index >= 15 is 0 Å². The van der Waals surface area contributed by atoms with Gasteiger partial charge >= 0.3 is 5.97 Å². The van der Waals surface area contributed by atoms with Crippen LogP contribution in [0.1, 0.15) is 57.2 Å². The Morgan fingerprint density at radius 2 is 1.55 bits per heavy atom. The van der Waals surface area contributed by atoms with E-state index in [0.717, 1.165) is 16.7 Å². The summed E-state index contributed by atoms with van der Waals surface area (Å²) in [5, 5.41) is 0. The van der Waals surface area contributed by atoms with Crippen molar-refractivity contribution in [3.8, 4) is 0 Å². The number of amides is 1. The molecule has 0 N–H and O–H groups in total. The summed E-state index contributed by atoms with van der Waals surface area (Å²) in [5.74, 6) is -1.54. The minimum Gasteiger partial charge on any atom is -0.454 e. The van der Waals surface area contributed by atoms with E-state index in [0.29, 0.717) is 37.1 Å². The van der Waals surface area contributed by atoms with Crippen molar-refractivity contribution in [2.24, 2.45) is 5.92 Å². The van der Waals surface area contributed by atoms with Crippen molar-refractivity contribution in [3.63, 3.8) is 0 Å². The van der Waals surface area contributed by atoms with Crippen molar-refractivity contribution in [2.75, 3.05) is 13.1 Å². The second kappa shape index (κ2) is 9.41. The fourth-order valence-electron chi connectivity index (χ4n) is 3.86. The molecule has 0 aliphatic carbocycles. The average molecular weight is 426 g/mol. The topological polar surface area (TPSA) is 63.7 Å². The van der Waals surface area contributed by atoms with Crippen LogP contribution in [0.15, 0.2) is 36.4 Å². The van der Waals surface area contributed by atoms with Gasteiger partial charge in [-0.15, -0.1) is 0 Å². The Bertz CT molecular complexity index is 991. The molecule has 0 aromatic heterocycles. The van der Waals surface area contributed by atoms with E-state index in [1.54, 1.807) is 11.8 Å². The molecule has 0 radical (unpaired) electrons. The predicted octanol–water partition coefficient (Wildman–Crippen LogP) is 4.42. The largest absolute Gasteiger partial charge is 0.454 e. The molecule has 31 heavy (non-hydrogen) atoms. The van der Waals surface area contributed by atoms with Gasteiger partial charge in [-0.1, -0.05) is 6.07 Å². The Morgan fingerprint density at radius 1 is 0.968 bits per heavy atom. The SMILES string of the molecule is Cc1cc(C)c(C(=O)C(C)OC(=O)C2CCN(C(=O)c3ccc(F)cc3)CC2)cc1C. The lowest BCUT2D eigenvalue weighted by atomic mass is 9.95. The van der Waals surface area contributed by atoms with Crippen molar-refractivity contribution in [1.82, 2.24) is 4.90 Å². The lowest BCUT2D eigenvalue weighted by Gasteiger charge is -2.31. The molecule has 1 fully saturated rings. The van der Waals surface area contributed by atoms with Crippen LogP contribution in [0.5, 0.6) is 0 Å². The second-order valence-electron chi connectivity index (χ2n) is 8.27. The number of nitrogens with zero attached hydrogens (tertiary/aromatic N) is 1. The Balaban J connectivity index is 1.56. The molecule has 2 aromatic carbocycles. The highest BCUT2D eigenvalue weighted by molar-refractivity contribution is 6.01. The van der Waals surface area contributed by atoms with Crippen molar-refractivity contribution in [1.29, 1.82) is 0 Å². The van der Waals surface area contributed by atoms with Gasteiger partial charge in [-0.05, 0) is 87.6 Å². The molecule has 2 aromatic rings. The van der Waals surface area contributed by atoms with Gasteiger partial charge in [0, 0.05) is 24.2 Å². The third-order valence-corrected chi connectivity index (χ3v) is 5.97. The molecule has 0 spiro atoms. The molecule has 1 amide bonds. The number of Topliss-reactive ketones (excluding diaryl/α,β-unsaturated/α-hetero) is 1. The molecule has 6 heteroatoms. The van der Waals surface area contributed by atoms with Crippen molar-refractivity contribution in [3.05, 3.63) is 70.0 Å². The average Bonchev–Trinajstić information content (AvgIpc) is 2.76. The summed E-state index contributed by atoms with van der Waals surface area (Å²) in [5.41, 5.74) is 3.99. The lowest BCUT2D eigenvalue weighted by molar-refractivity contribution is -0.152. The van der Waals surface area contributed by atoms with Crippen LogP contribution in [0.25, 0.3) is 0 Å². The maximum absolute atomic E-state index is 13.1. The van der Waals surface area contributed by atoms with E-state index in [4.69, 9.17) is 4.74 Å². The molecule has 5 nitrogen and oxygen atoms in total. The molecule has 0 bridgehead atoms. The van der Waals surface area contributed by atoms with E-state index in [-0.39, 0.29) is 17.6 Å². The highest BCUT2D eigenvalue weighted by atomic mass is 19.1. The van der Waals surface area contributed by atoms with Crippen molar-refractivity contribution >= 4 is 17.7 Å². The van der Waals surface area contributed by atoms with Gasteiger partial charge in [0.2, 0.25) is 5.78 Å². The quantitative estimate of drug-likeness (QED) is 0.526. The molecule has 1 aliphatic heterocycles. The van der Waals surface area contributed by atoms with Crippen LogP contribution < -0.4 is 0 Å². The zero-order valence-corrected chi connectivity index (χ0v) is 18.4. The van der Waals surface area contributed by atoms with Crippen LogP contribution in [-0.2, 0) is 9.53 Å². The molecular formula is C25H28FNO4. The van der Waals surface area contributed by atoms with Gasteiger partial charge in [0.15, 0.2) is 6.10 Å². The first-order chi connectivity index (χ1) is 14.7. The van der Waals surface area contributed by atoms with Crippen LogP contribution in [0, 0.1) is 32.5 Å². The molecule has 0 saturated carbocycles. The van der Waals surface area contributed by atoms with Crippen LogP contribution in [0.4, 0.5) is 4.39 Å². The number of piperidine rings is 1. The Kier molecular flexibility index (Phi) is 6.88. The summed E-state index contributed by atoms with van der Waals surface area (Å²) in [4.78, 5) is 39.6. The summed E-state index contributed by atoms with van der Waals surface area (Å²) >= 11 is 0. The number of aryl methyl sites for hydroxylation is 3. The molecule has 1 aliphatic rings. The van der Waals surface area contributed by atoms with Gasteiger partial charge in [0.1, 0.15) is 5.82 Å². The number of carbonyl (C=O) groups is 3. The van der Waals surface area contributed by atoms with Crippen LogP contribution in [-0.4, -0.2) is 41.8 Å². The monoisotopic (exact) mass is 425 g/mol. The van der Waals surface area contributed by atoms with Gasteiger partial charge in [-0.3, -0.25) is 14.4 Å². The number of carbonyl (C=O) groups excluding carboxylic acids is 3. The van der Waals surface area contributed by atoms with Gasteiger partial charge in [-0.25, -0.2) is 4.39 Å². The van der Waals surface area contributed by atoms with Crippen molar-refractivity contribution in [2.45, 2.75) is 46.6 Å². The Hall–Kier alpha value is -3.02. The molecular weight excluding hydrogens is 397 g/mol.